The Morgan fingerprint density at radius 1 is 1.38 bits per heavy atom. The number of para-hydroxylation sites is 1. The highest BCUT2D eigenvalue weighted by atomic mass is 16.5. The van der Waals surface area contributed by atoms with Crippen molar-refractivity contribution in [1.82, 2.24) is 0 Å². The average Bonchev–Trinajstić information content (AvgIpc) is 2.49. The highest BCUT2D eigenvalue weighted by Gasteiger charge is 2.19. The van der Waals surface area contributed by atoms with Gasteiger partial charge in [0.2, 0.25) is 0 Å². The van der Waals surface area contributed by atoms with Gasteiger partial charge in [-0.2, -0.15) is 0 Å². The van der Waals surface area contributed by atoms with Crippen molar-refractivity contribution in [2.45, 2.75) is 52.2 Å². The van der Waals surface area contributed by atoms with Crippen LogP contribution in [0.4, 0.5) is 5.69 Å². The predicted octanol–water partition coefficient (Wildman–Crippen LogP) is 3.22. The quantitative estimate of drug-likeness (QED) is 0.906. The Balaban J connectivity index is 1.84. The Morgan fingerprint density at radius 2 is 2.10 bits per heavy atom. The molecule has 116 valence electrons. The number of hydrogen-bond acceptors (Lipinski definition) is 3. The molecule has 21 heavy (non-hydrogen) atoms. The van der Waals surface area contributed by atoms with Crippen LogP contribution in [0.5, 0.6) is 0 Å². The minimum atomic E-state index is -0.477. The van der Waals surface area contributed by atoms with Gasteiger partial charge in [-0.3, -0.25) is 4.79 Å². The van der Waals surface area contributed by atoms with E-state index in [0.717, 1.165) is 36.3 Å². The summed E-state index contributed by atoms with van der Waals surface area (Å²) >= 11 is 0. The lowest BCUT2D eigenvalue weighted by molar-refractivity contribution is -0.130. The molecule has 0 aromatic heterocycles. The lowest BCUT2D eigenvalue weighted by atomic mass is 10.1. The van der Waals surface area contributed by atoms with Gasteiger partial charge in [0.05, 0.1) is 12.7 Å². The van der Waals surface area contributed by atoms with E-state index in [0.29, 0.717) is 6.61 Å². The Kier molecular flexibility index (Phi) is 5.76. The van der Waals surface area contributed by atoms with E-state index in [1.807, 2.05) is 32.0 Å². The molecule has 0 radical (unpaired) electrons. The van der Waals surface area contributed by atoms with Crippen molar-refractivity contribution in [2.24, 2.45) is 0 Å². The average molecular weight is 291 g/mol. The molecule has 1 aliphatic rings. The molecule has 1 aromatic rings. The highest BCUT2D eigenvalue weighted by Crippen LogP contribution is 2.20. The SMILES string of the molecule is Cc1cccc(C)c1NC(=O)C(C)OCC1CCCCO1. The van der Waals surface area contributed by atoms with Crippen molar-refractivity contribution in [3.63, 3.8) is 0 Å². The molecular weight excluding hydrogens is 266 g/mol. The van der Waals surface area contributed by atoms with Crippen molar-refractivity contribution in [3.05, 3.63) is 29.3 Å². The molecule has 0 bridgehead atoms. The van der Waals surface area contributed by atoms with Gasteiger partial charge in [-0.1, -0.05) is 18.2 Å². The van der Waals surface area contributed by atoms with Crippen LogP contribution >= 0.6 is 0 Å². The molecule has 2 unspecified atom stereocenters. The normalized spacial score (nSPS) is 20.0. The third kappa shape index (κ3) is 4.55. The zero-order valence-electron chi connectivity index (χ0n) is 13.1. The molecule has 2 rings (SSSR count). The zero-order valence-corrected chi connectivity index (χ0v) is 13.1. The van der Waals surface area contributed by atoms with Crippen LogP contribution in [0.1, 0.15) is 37.3 Å². The van der Waals surface area contributed by atoms with Crippen LogP contribution in [0, 0.1) is 13.8 Å². The summed E-state index contributed by atoms with van der Waals surface area (Å²) in [7, 11) is 0. The molecule has 1 heterocycles. The van der Waals surface area contributed by atoms with Crippen LogP contribution in [-0.4, -0.2) is 31.3 Å². The van der Waals surface area contributed by atoms with Gasteiger partial charge in [-0.05, 0) is 51.2 Å². The van der Waals surface area contributed by atoms with E-state index < -0.39 is 6.10 Å². The van der Waals surface area contributed by atoms with E-state index in [1.165, 1.54) is 6.42 Å². The Hall–Kier alpha value is -1.39. The molecule has 1 amide bonds. The molecule has 0 saturated carbocycles. The van der Waals surface area contributed by atoms with E-state index >= 15 is 0 Å². The van der Waals surface area contributed by atoms with Crippen molar-refractivity contribution >= 4 is 11.6 Å². The third-order valence-electron chi connectivity index (χ3n) is 3.90. The number of benzene rings is 1. The summed E-state index contributed by atoms with van der Waals surface area (Å²) < 4.78 is 11.3. The van der Waals surface area contributed by atoms with E-state index in [2.05, 4.69) is 5.32 Å². The number of aryl methyl sites for hydroxylation is 2. The number of carbonyl (C=O) groups is 1. The molecule has 4 heteroatoms. The van der Waals surface area contributed by atoms with Crippen LogP contribution < -0.4 is 5.32 Å². The lowest BCUT2D eigenvalue weighted by Crippen LogP contribution is -2.33. The van der Waals surface area contributed by atoms with Gasteiger partial charge in [-0.15, -0.1) is 0 Å². The van der Waals surface area contributed by atoms with Gasteiger partial charge < -0.3 is 14.8 Å². The van der Waals surface area contributed by atoms with E-state index in [4.69, 9.17) is 9.47 Å². The molecule has 1 aromatic carbocycles. The van der Waals surface area contributed by atoms with E-state index in [1.54, 1.807) is 6.92 Å². The monoisotopic (exact) mass is 291 g/mol. The fraction of sp³-hybridized carbons (Fsp3) is 0.588. The van der Waals surface area contributed by atoms with Crippen LogP contribution in [0.15, 0.2) is 18.2 Å². The maximum atomic E-state index is 12.2. The first-order chi connectivity index (χ1) is 10.1. The first-order valence-electron chi connectivity index (χ1n) is 7.68. The molecule has 4 nitrogen and oxygen atoms in total. The Bertz CT molecular complexity index is 461. The fourth-order valence-electron chi connectivity index (χ4n) is 2.50. The molecule has 1 fully saturated rings. The van der Waals surface area contributed by atoms with Gasteiger partial charge in [0.25, 0.3) is 5.91 Å². The summed E-state index contributed by atoms with van der Waals surface area (Å²) in [6.45, 7) is 7.05. The van der Waals surface area contributed by atoms with Gasteiger partial charge in [0, 0.05) is 12.3 Å². The number of anilines is 1. The molecule has 0 aliphatic carbocycles. The molecule has 1 saturated heterocycles. The lowest BCUT2D eigenvalue weighted by Gasteiger charge is -2.24. The maximum absolute atomic E-state index is 12.2. The van der Waals surface area contributed by atoms with Gasteiger partial charge in [0.1, 0.15) is 6.10 Å². The van der Waals surface area contributed by atoms with Crippen molar-refractivity contribution in [3.8, 4) is 0 Å². The standard InChI is InChI=1S/C17H25NO3/c1-12-7-6-8-13(2)16(12)18-17(19)14(3)21-11-15-9-4-5-10-20-15/h6-8,14-15H,4-5,9-11H2,1-3H3,(H,18,19). The van der Waals surface area contributed by atoms with Crippen LogP contribution in [0.25, 0.3) is 0 Å². The second-order valence-corrected chi connectivity index (χ2v) is 5.72. The van der Waals surface area contributed by atoms with Crippen molar-refractivity contribution in [1.29, 1.82) is 0 Å². The predicted molar refractivity (Wildman–Crippen MR) is 83.6 cm³/mol. The minimum Gasteiger partial charge on any atom is -0.376 e. The third-order valence-corrected chi connectivity index (χ3v) is 3.90. The van der Waals surface area contributed by atoms with Crippen LogP contribution in [0.2, 0.25) is 0 Å². The molecular formula is C17H25NO3. The number of nitrogens with one attached hydrogen (secondary N) is 1. The number of carbonyl (C=O) groups excluding carboxylic acids is 1. The van der Waals surface area contributed by atoms with Gasteiger partial charge >= 0.3 is 0 Å². The molecule has 1 aliphatic heterocycles. The number of hydrogen-bond donors (Lipinski definition) is 1. The summed E-state index contributed by atoms with van der Waals surface area (Å²) in [5.74, 6) is -0.108. The highest BCUT2D eigenvalue weighted by molar-refractivity contribution is 5.95. The molecule has 1 N–H and O–H groups in total. The van der Waals surface area contributed by atoms with Gasteiger partial charge in [0.15, 0.2) is 0 Å². The van der Waals surface area contributed by atoms with E-state index in [-0.39, 0.29) is 12.0 Å². The summed E-state index contributed by atoms with van der Waals surface area (Å²) in [5, 5.41) is 2.96. The van der Waals surface area contributed by atoms with Crippen molar-refractivity contribution < 1.29 is 14.3 Å². The second-order valence-electron chi connectivity index (χ2n) is 5.72. The smallest absolute Gasteiger partial charge is 0.253 e. The number of rotatable bonds is 5. The van der Waals surface area contributed by atoms with Gasteiger partial charge in [-0.25, -0.2) is 0 Å². The Labute approximate surface area is 126 Å². The van der Waals surface area contributed by atoms with Crippen molar-refractivity contribution in [2.75, 3.05) is 18.5 Å². The van der Waals surface area contributed by atoms with Crippen LogP contribution in [0.3, 0.4) is 0 Å². The zero-order chi connectivity index (χ0) is 15.2. The van der Waals surface area contributed by atoms with E-state index in [9.17, 15) is 4.79 Å². The fourth-order valence-corrected chi connectivity index (χ4v) is 2.50. The largest absolute Gasteiger partial charge is 0.376 e. The number of amides is 1. The minimum absolute atomic E-state index is 0.108. The topological polar surface area (TPSA) is 47.6 Å². The number of ether oxygens (including phenoxy) is 2. The molecule has 2 atom stereocenters. The first kappa shape index (κ1) is 16.0. The summed E-state index contributed by atoms with van der Waals surface area (Å²) in [6, 6.07) is 5.97. The van der Waals surface area contributed by atoms with Crippen LogP contribution in [-0.2, 0) is 14.3 Å². The second kappa shape index (κ2) is 7.57. The molecule has 0 spiro atoms. The maximum Gasteiger partial charge on any atom is 0.253 e. The summed E-state index contributed by atoms with van der Waals surface area (Å²) in [4.78, 5) is 12.2. The first-order valence-corrected chi connectivity index (χ1v) is 7.68. The Morgan fingerprint density at radius 3 is 2.71 bits per heavy atom. The summed E-state index contributed by atoms with van der Waals surface area (Å²) in [5.41, 5.74) is 3.00. The summed E-state index contributed by atoms with van der Waals surface area (Å²) in [6.07, 6.45) is 2.98.